The van der Waals surface area contributed by atoms with E-state index in [9.17, 15) is 14.4 Å². The zero-order valence-electron chi connectivity index (χ0n) is 16.8. The first-order valence-corrected chi connectivity index (χ1v) is 9.08. The highest BCUT2D eigenvalue weighted by atomic mass is 16.5. The van der Waals surface area contributed by atoms with Crippen molar-refractivity contribution in [2.75, 3.05) is 19.8 Å². The fraction of sp³-hybridized carbons (Fsp3) is 0.650. The molecule has 0 radical (unpaired) electrons. The van der Waals surface area contributed by atoms with Crippen LogP contribution in [0.5, 0.6) is 0 Å². The predicted molar refractivity (Wildman–Crippen MR) is 101 cm³/mol. The van der Waals surface area contributed by atoms with Crippen LogP contribution in [0.4, 0.5) is 0 Å². The van der Waals surface area contributed by atoms with Crippen molar-refractivity contribution in [1.29, 1.82) is 0 Å². The molecule has 0 heterocycles. The normalized spacial score (nSPS) is 10.1. The fourth-order valence-corrected chi connectivity index (χ4v) is 1.23. The number of carbonyl (C=O) groups excluding carboxylic acids is 3. The minimum atomic E-state index is -0.499. The predicted octanol–water partition coefficient (Wildman–Crippen LogP) is 3.99. The van der Waals surface area contributed by atoms with Crippen molar-refractivity contribution in [2.45, 2.75) is 60.3 Å². The van der Waals surface area contributed by atoms with Crippen LogP contribution in [-0.2, 0) is 28.6 Å². The van der Waals surface area contributed by atoms with Gasteiger partial charge < -0.3 is 14.2 Å². The average molecular weight is 370 g/mol. The van der Waals surface area contributed by atoms with Gasteiger partial charge in [0.2, 0.25) is 0 Å². The summed E-state index contributed by atoms with van der Waals surface area (Å²) < 4.78 is 14.5. The van der Waals surface area contributed by atoms with Gasteiger partial charge in [-0.3, -0.25) is 0 Å². The molecule has 0 bridgehead atoms. The molecule has 0 atom stereocenters. The van der Waals surface area contributed by atoms with Crippen molar-refractivity contribution in [3.63, 3.8) is 0 Å². The molecule has 0 aliphatic heterocycles. The van der Waals surface area contributed by atoms with Gasteiger partial charge in [0.25, 0.3) is 0 Å². The molecule has 6 nitrogen and oxygen atoms in total. The molecule has 0 aliphatic rings. The van der Waals surface area contributed by atoms with Gasteiger partial charge in [0.05, 0.1) is 19.8 Å². The van der Waals surface area contributed by atoms with E-state index in [-0.39, 0.29) is 5.97 Å². The maximum Gasteiger partial charge on any atom is 0.333 e. The lowest BCUT2D eigenvalue weighted by Crippen LogP contribution is -2.09. The molecule has 26 heavy (non-hydrogen) atoms. The quantitative estimate of drug-likeness (QED) is 0.237. The van der Waals surface area contributed by atoms with Gasteiger partial charge in [-0.25, -0.2) is 14.4 Å². The lowest BCUT2D eigenvalue weighted by atomic mass is 10.2. The summed E-state index contributed by atoms with van der Waals surface area (Å²) in [5.41, 5.74) is 0.459. The van der Waals surface area contributed by atoms with Crippen LogP contribution >= 0.6 is 0 Å². The van der Waals surface area contributed by atoms with Crippen molar-refractivity contribution in [3.05, 3.63) is 24.3 Å². The third-order valence-corrected chi connectivity index (χ3v) is 2.74. The van der Waals surface area contributed by atoms with Crippen molar-refractivity contribution in [1.82, 2.24) is 0 Å². The Balaban J connectivity index is 0. The zero-order valence-corrected chi connectivity index (χ0v) is 16.8. The number of hydrogen-bond acceptors (Lipinski definition) is 6. The minimum Gasteiger partial charge on any atom is -0.463 e. The highest BCUT2D eigenvalue weighted by molar-refractivity contribution is 5.91. The van der Waals surface area contributed by atoms with Crippen molar-refractivity contribution >= 4 is 17.9 Å². The second kappa shape index (κ2) is 17.7. The summed E-state index contributed by atoms with van der Waals surface area (Å²) >= 11 is 0. The Bertz CT molecular complexity index is 427. The first kappa shape index (κ1) is 26.1. The number of ether oxygens (including phenoxy) is 3. The van der Waals surface area contributed by atoms with Crippen LogP contribution < -0.4 is 0 Å². The van der Waals surface area contributed by atoms with Gasteiger partial charge in [-0.05, 0) is 25.7 Å². The first-order valence-electron chi connectivity index (χ1n) is 9.08. The SMILES string of the molecule is C=C(C)C(=O)OCC(C)C.CCCCOC(=O)C=CC(=O)OCCCC. The Morgan fingerprint density at radius 3 is 1.62 bits per heavy atom. The van der Waals surface area contributed by atoms with Gasteiger partial charge >= 0.3 is 17.9 Å². The molecule has 0 fully saturated rings. The number of carbonyl (C=O) groups is 3. The zero-order chi connectivity index (χ0) is 20.4. The third-order valence-electron chi connectivity index (χ3n) is 2.74. The Hall–Kier alpha value is -2.11. The van der Waals surface area contributed by atoms with Gasteiger partial charge in [0.15, 0.2) is 0 Å². The number of unbranched alkanes of at least 4 members (excludes halogenated alkanes) is 2. The van der Waals surface area contributed by atoms with Crippen LogP contribution in [0.2, 0.25) is 0 Å². The topological polar surface area (TPSA) is 78.9 Å². The largest absolute Gasteiger partial charge is 0.463 e. The maximum absolute atomic E-state index is 11.0. The molecule has 0 aromatic carbocycles. The minimum absolute atomic E-state index is 0.297. The van der Waals surface area contributed by atoms with Crippen LogP contribution in [0.25, 0.3) is 0 Å². The molecule has 6 heteroatoms. The van der Waals surface area contributed by atoms with Crippen LogP contribution in [0.15, 0.2) is 24.3 Å². The molecule has 0 amide bonds. The lowest BCUT2D eigenvalue weighted by molar-refractivity contribution is -0.140. The van der Waals surface area contributed by atoms with Gasteiger partial charge in [-0.2, -0.15) is 0 Å². The van der Waals surface area contributed by atoms with Crippen molar-refractivity contribution < 1.29 is 28.6 Å². The highest BCUT2D eigenvalue weighted by Crippen LogP contribution is 1.97. The molecular weight excluding hydrogens is 336 g/mol. The van der Waals surface area contributed by atoms with Gasteiger partial charge in [-0.1, -0.05) is 47.1 Å². The summed E-state index contributed by atoms with van der Waals surface area (Å²) in [7, 11) is 0. The Morgan fingerprint density at radius 1 is 0.885 bits per heavy atom. The van der Waals surface area contributed by atoms with E-state index in [1.54, 1.807) is 6.92 Å². The van der Waals surface area contributed by atoms with Gasteiger partial charge in [-0.15, -0.1) is 0 Å². The smallest absolute Gasteiger partial charge is 0.333 e. The van der Waals surface area contributed by atoms with Crippen molar-refractivity contribution in [2.24, 2.45) is 5.92 Å². The molecule has 0 aromatic rings. The van der Waals surface area contributed by atoms with E-state index >= 15 is 0 Å². The molecular formula is C20H34O6. The van der Waals surface area contributed by atoms with Gasteiger partial charge in [0.1, 0.15) is 0 Å². The van der Waals surface area contributed by atoms with Gasteiger partial charge in [0, 0.05) is 17.7 Å². The maximum atomic E-state index is 11.0. The molecule has 0 N–H and O–H groups in total. The monoisotopic (exact) mass is 370 g/mol. The summed E-state index contributed by atoms with van der Waals surface area (Å²) in [6, 6.07) is 0. The molecule has 0 rings (SSSR count). The molecule has 150 valence electrons. The molecule has 0 spiro atoms. The number of rotatable bonds is 11. The molecule has 0 saturated heterocycles. The summed E-state index contributed by atoms with van der Waals surface area (Å²) in [6.07, 6.45) is 5.81. The second-order valence-electron chi connectivity index (χ2n) is 6.15. The summed E-state index contributed by atoms with van der Waals surface area (Å²) in [5, 5.41) is 0. The number of esters is 3. The Kier molecular flexibility index (Phi) is 17.8. The van der Waals surface area contributed by atoms with E-state index in [1.807, 2.05) is 27.7 Å². The molecule has 0 unspecified atom stereocenters. The summed E-state index contributed by atoms with van der Waals surface area (Å²) in [6.45, 7) is 14.4. The molecule has 0 aromatic heterocycles. The summed E-state index contributed by atoms with van der Waals surface area (Å²) in [4.78, 5) is 32.8. The van der Waals surface area contributed by atoms with Crippen LogP contribution in [0.1, 0.15) is 60.3 Å². The average Bonchev–Trinajstić information content (AvgIpc) is 2.58. The second-order valence-corrected chi connectivity index (χ2v) is 6.15. The number of hydrogen-bond donors (Lipinski definition) is 0. The summed E-state index contributed by atoms with van der Waals surface area (Å²) in [5.74, 6) is -0.904. The van der Waals surface area contributed by atoms with E-state index in [4.69, 9.17) is 14.2 Å². The highest BCUT2D eigenvalue weighted by Gasteiger charge is 2.03. The lowest BCUT2D eigenvalue weighted by Gasteiger charge is -2.05. The van der Waals surface area contributed by atoms with Crippen molar-refractivity contribution in [3.8, 4) is 0 Å². The molecule has 0 saturated carbocycles. The standard InChI is InChI=1S/C12H20O4.C8H14O2/c1-3-5-9-15-11(13)7-8-12(14)16-10-6-4-2;1-6(2)5-10-8(9)7(3)4/h7-8H,3-6,9-10H2,1-2H3;6H,3,5H2,1-2,4H3. The first-order chi connectivity index (χ1) is 12.2. The van der Waals surface area contributed by atoms with Crippen LogP contribution in [-0.4, -0.2) is 37.7 Å². The Labute approximate surface area is 157 Å². The van der Waals surface area contributed by atoms with Crippen LogP contribution in [0.3, 0.4) is 0 Å². The van der Waals surface area contributed by atoms with E-state index in [1.165, 1.54) is 0 Å². The van der Waals surface area contributed by atoms with E-state index < -0.39 is 11.9 Å². The van der Waals surface area contributed by atoms with E-state index in [0.717, 1.165) is 37.8 Å². The van der Waals surface area contributed by atoms with Crippen LogP contribution in [0, 0.1) is 5.92 Å². The van der Waals surface area contributed by atoms with E-state index in [0.29, 0.717) is 31.3 Å². The Morgan fingerprint density at radius 2 is 1.31 bits per heavy atom. The molecule has 0 aliphatic carbocycles. The van der Waals surface area contributed by atoms with E-state index in [2.05, 4.69) is 6.58 Å². The third kappa shape index (κ3) is 19.9. The fourth-order valence-electron chi connectivity index (χ4n) is 1.23.